The predicted molar refractivity (Wildman–Crippen MR) is 128 cm³/mol. The van der Waals surface area contributed by atoms with Crippen molar-refractivity contribution in [3.8, 4) is 0 Å². The molecule has 0 aliphatic carbocycles. The number of halogens is 4. The zero-order valence-electron chi connectivity index (χ0n) is 19.4. The van der Waals surface area contributed by atoms with Gasteiger partial charge in [0.05, 0.1) is 22.8 Å². The number of hydrogen-bond acceptors (Lipinski definition) is 7. The molecule has 0 bridgehead atoms. The maximum atomic E-state index is 14.5. The van der Waals surface area contributed by atoms with Crippen molar-refractivity contribution in [2.75, 3.05) is 7.05 Å². The van der Waals surface area contributed by atoms with Crippen molar-refractivity contribution in [3.05, 3.63) is 97.5 Å². The van der Waals surface area contributed by atoms with Crippen LogP contribution in [0.15, 0.2) is 57.4 Å². The van der Waals surface area contributed by atoms with Gasteiger partial charge in [0, 0.05) is 49.7 Å². The van der Waals surface area contributed by atoms with Crippen LogP contribution in [0.4, 0.5) is 18.9 Å². The molecule has 192 valence electrons. The molecule has 0 saturated carbocycles. The van der Waals surface area contributed by atoms with Crippen molar-refractivity contribution in [2.24, 2.45) is 12.0 Å². The van der Waals surface area contributed by atoms with Crippen molar-refractivity contribution in [2.45, 2.75) is 13.2 Å². The molecular weight excluding hydrogens is 515 g/mol. The average molecular weight is 534 g/mol. The van der Waals surface area contributed by atoms with Crippen molar-refractivity contribution < 1.29 is 13.2 Å². The maximum Gasteiger partial charge on any atom is 0.336 e. The first-order valence-corrected chi connectivity index (χ1v) is 11.2. The lowest BCUT2D eigenvalue weighted by molar-refractivity contribution is 0.124. The van der Waals surface area contributed by atoms with Crippen LogP contribution in [0.1, 0.15) is 5.56 Å². The standard InChI is InChI=1S/C22H19ClF3N9O2/c1-31-3-4-33(30-31)11-35-21(36)28-20(27-19-6-13-9-32(2)29-18(13)7-14(19)23)34(22(35)37)10-12-5-16(25)17(26)8-15(12)24/h3-9,30H,10-11H2,1-2H3,(H,27,28,36). The van der Waals surface area contributed by atoms with Crippen molar-refractivity contribution in [1.29, 1.82) is 0 Å². The second kappa shape index (κ2) is 9.29. The minimum Gasteiger partial charge on any atom is -0.300 e. The molecule has 0 amide bonds. The fourth-order valence-corrected chi connectivity index (χ4v) is 4.00. The summed E-state index contributed by atoms with van der Waals surface area (Å²) in [5.41, 5.74) is 1.36. The van der Waals surface area contributed by atoms with Gasteiger partial charge in [-0.2, -0.15) is 5.10 Å². The molecule has 2 N–H and O–H groups in total. The van der Waals surface area contributed by atoms with Gasteiger partial charge in [-0.05, 0) is 18.2 Å². The summed E-state index contributed by atoms with van der Waals surface area (Å²) < 4.78 is 45.2. The van der Waals surface area contributed by atoms with Gasteiger partial charge in [0.25, 0.3) is 0 Å². The minimum atomic E-state index is -1.37. The minimum absolute atomic E-state index is 0.177. The van der Waals surface area contributed by atoms with E-state index >= 15 is 0 Å². The number of fused-ring (bicyclic) bond motifs is 1. The summed E-state index contributed by atoms with van der Waals surface area (Å²) in [7, 11) is 3.44. The predicted octanol–water partition coefficient (Wildman–Crippen LogP) is 1.67. The normalized spacial score (nSPS) is 13.9. The summed E-state index contributed by atoms with van der Waals surface area (Å²) in [6, 6.07) is 4.20. The SMILES string of the molecule is CN1C=CN(Cn2c(=O)[nH]/c(=N\c3cc4cn(C)nc4cc3Cl)n(Cc3cc(F)c(F)cc3F)c2=O)N1. The quantitative estimate of drug-likeness (QED) is 0.378. The summed E-state index contributed by atoms with van der Waals surface area (Å²) in [5, 5.41) is 8.16. The molecule has 0 atom stereocenters. The lowest BCUT2D eigenvalue weighted by Gasteiger charge is -2.20. The number of nitrogens with one attached hydrogen (secondary N) is 2. The number of rotatable bonds is 5. The molecule has 1 aliphatic heterocycles. The third-order valence-electron chi connectivity index (χ3n) is 5.56. The molecule has 15 heteroatoms. The smallest absolute Gasteiger partial charge is 0.300 e. The Kier molecular flexibility index (Phi) is 6.13. The van der Waals surface area contributed by atoms with Gasteiger partial charge in [-0.1, -0.05) is 11.6 Å². The Morgan fingerprint density at radius 1 is 1.00 bits per heavy atom. The number of hydrazine groups is 2. The van der Waals surface area contributed by atoms with Crippen LogP contribution < -0.4 is 22.5 Å². The zero-order chi connectivity index (χ0) is 26.4. The third-order valence-corrected chi connectivity index (χ3v) is 5.87. The number of benzene rings is 2. The van der Waals surface area contributed by atoms with Crippen LogP contribution in [0.3, 0.4) is 0 Å². The van der Waals surface area contributed by atoms with E-state index in [1.807, 2.05) is 0 Å². The second-order valence-corrected chi connectivity index (χ2v) is 8.71. The average Bonchev–Trinajstić information content (AvgIpc) is 3.40. The summed E-state index contributed by atoms with van der Waals surface area (Å²) in [6.07, 6.45) is 4.97. The van der Waals surface area contributed by atoms with E-state index in [9.17, 15) is 22.8 Å². The van der Waals surface area contributed by atoms with Crippen LogP contribution >= 0.6 is 11.6 Å². The van der Waals surface area contributed by atoms with E-state index in [0.29, 0.717) is 23.0 Å². The van der Waals surface area contributed by atoms with Crippen LogP contribution in [0.25, 0.3) is 10.9 Å². The molecule has 0 saturated heterocycles. The largest absolute Gasteiger partial charge is 0.336 e. The molecule has 2 aromatic carbocycles. The van der Waals surface area contributed by atoms with E-state index in [1.165, 1.54) is 5.01 Å². The first kappa shape index (κ1) is 24.4. The van der Waals surface area contributed by atoms with Gasteiger partial charge in [0.2, 0.25) is 5.62 Å². The van der Waals surface area contributed by atoms with Gasteiger partial charge < -0.3 is 0 Å². The van der Waals surface area contributed by atoms with E-state index in [0.717, 1.165) is 9.13 Å². The van der Waals surface area contributed by atoms with Gasteiger partial charge in [0.15, 0.2) is 11.6 Å². The van der Waals surface area contributed by atoms with Crippen LogP contribution in [0.2, 0.25) is 5.02 Å². The van der Waals surface area contributed by atoms with E-state index in [4.69, 9.17) is 11.6 Å². The summed E-state index contributed by atoms with van der Waals surface area (Å²) in [4.78, 5) is 33.2. The second-order valence-electron chi connectivity index (χ2n) is 8.31. The highest BCUT2D eigenvalue weighted by molar-refractivity contribution is 6.33. The summed E-state index contributed by atoms with van der Waals surface area (Å²) >= 11 is 6.37. The Bertz CT molecular complexity index is 1760. The molecule has 0 radical (unpaired) electrons. The van der Waals surface area contributed by atoms with Crippen LogP contribution in [0.5, 0.6) is 0 Å². The Morgan fingerprint density at radius 3 is 2.49 bits per heavy atom. The van der Waals surface area contributed by atoms with Crippen LogP contribution in [-0.4, -0.2) is 41.0 Å². The molecule has 4 aromatic rings. The molecule has 11 nitrogen and oxygen atoms in total. The van der Waals surface area contributed by atoms with Crippen LogP contribution in [0, 0.1) is 17.5 Å². The lowest BCUT2D eigenvalue weighted by atomic mass is 10.2. The van der Waals surface area contributed by atoms with E-state index in [2.05, 4.69) is 20.6 Å². The van der Waals surface area contributed by atoms with Gasteiger partial charge >= 0.3 is 11.4 Å². The fraction of sp³-hybridized carbons (Fsp3) is 0.182. The summed E-state index contributed by atoms with van der Waals surface area (Å²) in [5.74, 6) is -3.74. The highest BCUT2D eigenvalue weighted by Crippen LogP contribution is 2.29. The molecule has 0 fully saturated rings. The Morgan fingerprint density at radius 2 is 1.76 bits per heavy atom. The first-order chi connectivity index (χ1) is 17.6. The van der Waals surface area contributed by atoms with Gasteiger partial charge in [0.1, 0.15) is 12.5 Å². The molecule has 37 heavy (non-hydrogen) atoms. The number of hydrogen-bond donors (Lipinski definition) is 2. The van der Waals surface area contributed by atoms with E-state index in [1.54, 1.807) is 54.5 Å². The molecule has 2 aromatic heterocycles. The monoisotopic (exact) mass is 533 g/mol. The summed E-state index contributed by atoms with van der Waals surface area (Å²) in [6.45, 7) is -0.786. The van der Waals surface area contributed by atoms with Gasteiger partial charge in [-0.25, -0.2) is 32.3 Å². The zero-order valence-corrected chi connectivity index (χ0v) is 20.2. The van der Waals surface area contributed by atoms with Crippen LogP contribution in [-0.2, 0) is 20.3 Å². The molecule has 0 spiro atoms. The number of aromatic amines is 1. The molecule has 5 rings (SSSR count). The number of aromatic nitrogens is 5. The highest BCUT2D eigenvalue weighted by Gasteiger charge is 2.17. The number of aryl methyl sites for hydroxylation is 1. The third kappa shape index (κ3) is 4.75. The van der Waals surface area contributed by atoms with Gasteiger partial charge in [-0.3, -0.25) is 24.3 Å². The number of H-pyrrole nitrogens is 1. The van der Waals surface area contributed by atoms with Gasteiger partial charge in [-0.15, -0.1) is 5.53 Å². The Labute approximate surface area is 210 Å². The Hall–Kier alpha value is -4.30. The topological polar surface area (TPSA) is 108 Å². The maximum absolute atomic E-state index is 14.5. The first-order valence-electron chi connectivity index (χ1n) is 10.8. The van der Waals surface area contributed by atoms with Crippen molar-refractivity contribution in [3.63, 3.8) is 0 Å². The molecule has 0 unspecified atom stereocenters. The van der Waals surface area contributed by atoms with E-state index in [-0.39, 0.29) is 28.6 Å². The Balaban J connectivity index is 1.69. The number of nitrogens with zero attached hydrogens (tertiary/aromatic N) is 7. The lowest BCUT2D eigenvalue weighted by Crippen LogP contribution is -2.53. The van der Waals surface area contributed by atoms with E-state index < -0.39 is 35.4 Å². The fourth-order valence-electron chi connectivity index (χ4n) is 3.80. The molecule has 1 aliphatic rings. The molecular formula is C22H19ClF3N9O2. The highest BCUT2D eigenvalue weighted by atomic mass is 35.5. The van der Waals surface area contributed by atoms with Crippen molar-refractivity contribution in [1.82, 2.24) is 39.5 Å². The molecule has 3 heterocycles. The van der Waals surface area contributed by atoms with Crippen molar-refractivity contribution >= 4 is 28.2 Å².